The number of rotatable bonds is 3. The van der Waals surface area contributed by atoms with E-state index in [0.717, 1.165) is 31.5 Å². The number of benzene rings is 1. The van der Waals surface area contributed by atoms with Crippen LogP contribution in [0.3, 0.4) is 0 Å². The second-order valence-corrected chi connectivity index (χ2v) is 4.89. The summed E-state index contributed by atoms with van der Waals surface area (Å²) in [6, 6.07) is 4.98. The number of anilines is 1. The molecule has 2 N–H and O–H groups in total. The number of hydrogen-bond donors (Lipinski definition) is 1. The molecule has 2 rings (SSSR count). The zero-order valence-electron chi connectivity index (χ0n) is 11.0. The summed E-state index contributed by atoms with van der Waals surface area (Å²) in [6.45, 7) is 3.53. The Morgan fingerprint density at radius 3 is 2.61 bits per heavy atom. The van der Waals surface area contributed by atoms with Gasteiger partial charge in [0, 0.05) is 26.2 Å². The zero-order valence-corrected chi connectivity index (χ0v) is 11.0. The van der Waals surface area contributed by atoms with Gasteiger partial charge in [0.15, 0.2) is 0 Å². The highest BCUT2D eigenvalue weighted by molar-refractivity contribution is 5.56. The number of hydrogen-bond acceptors (Lipinski definition) is 3. The van der Waals surface area contributed by atoms with Crippen molar-refractivity contribution < 1.29 is 9.13 Å². The normalized spacial score (nSPS) is 19.0. The van der Waals surface area contributed by atoms with Gasteiger partial charge in [0.25, 0.3) is 0 Å². The highest BCUT2D eigenvalue weighted by Crippen LogP contribution is 2.30. The second-order valence-electron chi connectivity index (χ2n) is 4.89. The molecular weight excluding hydrogens is 231 g/mol. The zero-order chi connectivity index (χ0) is 13.1. The van der Waals surface area contributed by atoms with E-state index in [-0.39, 0.29) is 11.9 Å². The first-order valence-corrected chi connectivity index (χ1v) is 6.45. The minimum absolute atomic E-state index is 0.157. The molecule has 1 atom stereocenters. The van der Waals surface area contributed by atoms with Gasteiger partial charge in [-0.3, -0.25) is 0 Å². The molecular formula is C14H21FN2O. The standard InChI is InChI=1S/C14H21FN2O/c1-10(16)12-4-3-5-13(15)14(12)17-8-6-11(18-2)7-9-17/h3-5,10-11H,6-9,16H2,1-2H3. The predicted molar refractivity (Wildman–Crippen MR) is 71.2 cm³/mol. The smallest absolute Gasteiger partial charge is 0.146 e. The van der Waals surface area contributed by atoms with Crippen LogP contribution in [0, 0.1) is 5.82 Å². The first-order valence-electron chi connectivity index (χ1n) is 6.45. The Hall–Kier alpha value is -1.13. The van der Waals surface area contributed by atoms with Crippen LogP contribution < -0.4 is 10.6 Å². The van der Waals surface area contributed by atoms with Crippen molar-refractivity contribution in [1.82, 2.24) is 0 Å². The fourth-order valence-corrected chi connectivity index (χ4v) is 2.55. The topological polar surface area (TPSA) is 38.5 Å². The molecule has 100 valence electrons. The molecule has 1 aliphatic heterocycles. The molecule has 1 aliphatic rings. The number of nitrogens with two attached hydrogens (primary N) is 1. The van der Waals surface area contributed by atoms with Gasteiger partial charge in [0.1, 0.15) is 5.82 Å². The molecule has 4 heteroatoms. The van der Waals surface area contributed by atoms with Crippen LogP contribution in [-0.2, 0) is 4.74 Å². The molecule has 1 unspecified atom stereocenters. The van der Waals surface area contributed by atoms with Gasteiger partial charge in [-0.1, -0.05) is 12.1 Å². The minimum Gasteiger partial charge on any atom is -0.381 e. The van der Waals surface area contributed by atoms with Gasteiger partial charge in [0.05, 0.1) is 11.8 Å². The summed E-state index contributed by atoms with van der Waals surface area (Å²) in [5.74, 6) is -0.180. The van der Waals surface area contributed by atoms with E-state index < -0.39 is 0 Å². The summed E-state index contributed by atoms with van der Waals surface area (Å²) in [5, 5.41) is 0. The number of para-hydroxylation sites is 1. The summed E-state index contributed by atoms with van der Waals surface area (Å²) < 4.78 is 19.4. The molecule has 1 aromatic rings. The maximum atomic E-state index is 14.0. The van der Waals surface area contributed by atoms with Crippen molar-refractivity contribution in [3.8, 4) is 0 Å². The van der Waals surface area contributed by atoms with Crippen LogP contribution in [0.15, 0.2) is 18.2 Å². The molecule has 0 amide bonds. The van der Waals surface area contributed by atoms with Gasteiger partial charge >= 0.3 is 0 Å². The van der Waals surface area contributed by atoms with E-state index in [9.17, 15) is 4.39 Å². The maximum Gasteiger partial charge on any atom is 0.146 e. The van der Waals surface area contributed by atoms with Crippen LogP contribution in [0.5, 0.6) is 0 Å². The summed E-state index contributed by atoms with van der Waals surface area (Å²) in [6.07, 6.45) is 2.17. The third-order valence-corrected chi connectivity index (χ3v) is 3.60. The largest absolute Gasteiger partial charge is 0.381 e. The van der Waals surface area contributed by atoms with Crippen LogP contribution in [0.1, 0.15) is 31.4 Å². The van der Waals surface area contributed by atoms with Gasteiger partial charge in [-0.05, 0) is 31.4 Å². The average Bonchev–Trinajstić information content (AvgIpc) is 2.38. The Bertz CT molecular complexity index is 401. The van der Waals surface area contributed by atoms with Crippen LogP contribution in [0.2, 0.25) is 0 Å². The van der Waals surface area contributed by atoms with Gasteiger partial charge in [-0.2, -0.15) is 0 Å². The van der Waals surface area contributed by atoms with Crippen LogP contribution in [0.4, 0.5) is 10.1 Å². The van der Waals surface area contributed by atoms with E-state index in [1.54, 1.807) is 13.2 Å². The van der Waals surface area contributed by atoms with Gasteiger partial charge in [-0.15, -0.1) is 0 Å². The summed E-state index contributed by atoms with van der Waals surface area (Å²) in [5.41, 5.74) is 7.47. The van der Waals surface area contributed by atoms with E-state index in [1.807, 2.05) is 13.0 Å². The lowest BCUT2D eigenvalue weighted by atomic mass is 10.0. The highest BCUT2D eigenvalue weighted by Gasteiger charge is 2.23. The number of halogens is 1. The first-order chi connectivity index (χ1) is 8.63. The Balaban J connectivity index is 2.23. The fraction of sp³-hybridized carbons (Fsp3) is 0.571. The minimum atomic E-state index is -0.180. The molecule has 3 nitrogen and oxygen atoms in total. The molecule has 0 aromatic heterocycles. The maximum absolute atomic E-state index is 14.0. The molecule has 0 bridgehead atoms. The molecule has 1 fully saturated rings. The predicted octanol–water partition coefficient (Wildman–Crippen LogP) is 2.46. The van der Waals surface area contributed by atoms with Crippen LogP contribution in [0.25, 0.3) is 0 Å². The molecule has 0 radical (unpaired) electrons. The Morgan fingerprint density at radius 1 is 1.39 bits per heavy atom. The van der Waals surface area contributed by atoms with E-state index in [4.69, 9.17) is 10.5 Å². The molecule has 1 saturated heterocycles. The quantitative estimate of drug-likeness (QED) is 0.898. The van der Waals surface area contributed by atoms with Crippen molar-refractivity contribution in [2.24, 2.45) is 5.73 Å². The third-order valence-electron chi connectivity index (χ3n) is 3.60. The lowest BCUT2D eigenvalue weighted by molar-refractivity contribution is 0.0817. The van der Waals surface area contributed by atoms with Gasteiger partial charge in [-0.25, -0.2) is 4.39 Å². The van der Waals surface area contributed by atoms with E-state index in [0.29, 0.717) is 11.8 Å². The summed E-state index contributed by atoms with van der Waals surface area (Å²) in [4.78, 5) is 2.09. The monoisotopic (exact) mass is 252 g/mol. The Labute approximate surface area is 108 Å². The van der Waals surface area contributed by atoms with Crippen molar-refractivity contribution in [3.63, 3.8) is 0 Å². The highest BCUT2D eigenvalue weighted by atomic mass is 19.1. The number of nitrogens with zero attached hydrogens (tertiary/aromatic N) is 1. The number of methoxy groups -OCH3 is 1. The molecule has 0 aliphatic carbocycles. The number of ether oxygens (including phenoxy) is 1. The van der Waals surface area contributed by atoms with Crippen molar-refractivity contribution >= 4 is 5.69 Å². The molecule has 1 heterocycles. The molecule has 18 heavy (non-hydrogen) atoms. The SMILES string of the molecule is COC1CCN(c2c(F)cccc2C(C)N)CC1. The van der Waals surface area contributed by atoms with E-state index >= 15 is 0 Å². The summed E-state index contributed by atoms with van der Waals surface area (Å²) in [7, 11) is 1.73. The fourth-order valence-electron chi connectivity index (χ4n) is 2.55. The molecule has 1 aromatic carbocycles. The Morgan fingerprint density at radius 2 is 2.06 bits per heavy atom. The van der Waals surface area contributed by atoms with Crippen LogP contribution in [-0.4, -0.2) is 26.3 Å². The van der Waals surface area contributed by atoms with Crippen molar-refractivity contribution in [3.05, 3.63) is 29.6 Å². The van der Waals surface area contributed by atoms with E-state index in [2.05, 4.69) is 4.90 Å². The Kier molecular flexibility index (Phi) is 4.19. The van der Waals surface area contributed by atoms with Crippen molar-refractivity contribution in [2.75, 3.05) is 25.1 Å². The lowest BCUT2D eigenvalue weighted by Gasteiger charge is -2.34. The van der Waals surface area contributed by atoms with Crippen molar-refractivity contribution in [2.45, 2.75) is 31.9 Å². The third kappa shape index (κ3) is 2.65. The number of piperidine rings is 1. The van der Waals surface area contributed by atoms with Gasteiger partial charge in [0.2, 0.25) is 0 Å². The molecule has 0 saturated carbocycles. The lowest BCUT2D eigenvalue weighted by Crippen LogP contribution is -2.38. The average molecular weight is 252 g/mol. The van der Waals surface area contributed by atoms with Crippen molar-refractivity contribution in [1.29, 1.82) is 0 Å². The first kappa shape index (κ1) is 13.3. The molecule has 0 spiro atoms. The van der Waals surface area contributed by atoms with Gasteiger partial charge < -0.3 is 15.4 Å². The second kappa shape index (κ2) is 5.67. The van der Waals surface area contributed by atoms with E-state index in [1.165, 1.54) is 6.07 Å². The summed E-state index contributed by atoms with van der Waals surface area (Å²) >= 11 is 0. The van der Waals surface area contributed by atoms with Crippen LogP contribution >= 0.6 is 0 Å².